The van der Waals surface area contributed by atoms with Crippen LogP contribution in [0.3, 0.4) is 0 Å². The van der Waals surface area contributed by atoms with Gasteiger partial charge in [-0.05, 0) is 42.5 Å². The number of nitro groups is 2. The Hall–Kier alpha value is -4.93. The molecule has 3 N–H and O–H groups in total. The summed E-state index contributed by atoms with van der Waals surface area (Å²) in [5.41, 5.74) is 11.3. The van der Waals surface area contributed by atoms with Gasteiger partial charge in [-0.2, -0.15) is 5.10 Å². The van der Waals surface area contributed by atoms with Crippen LogP contribution in [-0.2, 0) is 0 Å². The van der Waals surface area contributed by atoms with Crippen molar-refractivity contribution in [3.8, 4) is 0 Å². The monoisotopic (exact) mass is 435 g/mol. The fourth-order valence-electron chi connectivity index (χ4n) is 2.19. The standard InChI is InChI=1S/C13H13N3.2C4H4N2O2/c14-13-9-5-4-6-11(13)10-15-16-12-7-2-1-3-8-12;2*7-6(8)5-3-1-2-4-5/h1-10,16H,14H2;2*1-4H. The van der Waals surface area contributed by atoms with Crippen LogP contribution < -0.4 is 11.2 Å². The van der Waals surface area contributed by atoms with Crippen molar-refractivity contribution in [2.45, 2.75) is 0 Å². The van der Waals surface area contributed by atoms with E-state index in [1.807, 2.05) is 54.6 Å². The van der Waals surface area contributed by atoms with Crippen molar-refractivity contribution < 1.29 is 10.1 Å². The zero-order chi connectivity index (χ0) is 23.2. The number of nitrogen functional groups attached to an aromatic ring is 1. The zero-order valence-corrected chi connectivity index (χ0v) is 16.8. The van der Waals surface area contributed by atoms with Gasteiger partial charge in [0.15, 0.2) is 10.1 Å². The minimum Gasteiger partial charge on any atom is -0.398 e. The van der Waals surface area contributed by atoms with Crippen LogP contribution in [0.1, 0.15) is 5.56 Å². The number of nitrogens with one attached hydrogen (secondary N) is 1. The van der Waals surface area contributed by atoms with Crippen LogP contribution in [0, 0.1) is 20.2 Å². The normalized spacial score (nSPS) is 9.75. The van der Waals surface area contributed by atoms with Gasteiger partial charge in [0.2, 0.25) is 0 Å². The van der Waals surface area contributed by atoms with Gasteiger partial charge in [0, 0.05) is 11.3 Å². The zero-order valence-electron chi connectivity index (χ0n) is 16.8. The van der Waals surface area contributed by atoms with Gasteiger partial charge in [-0.3, -0.25) is 5.43 Å². The van der Waals surface area contributed by atoms with Crippen molar-refractivity contribution in [2.75, 3.05) is 11.2 Å². The number of benzene rings is 2. The molecule has 0 radical (unpaired) electrons. The van der Waals surface area contributed by atoms with E-state index in [2.05, 4.69) is 10.5 Å². The largest absolute Gasteiger partial charge is 0.398 e. The Bertz CT molecular complexity index is 1070. The van der Waals surface area contributed by atoms with E-state index in [0.717, 1.165) is 26.3 Å². The summed E-state index contributed by atoms with van der Waals surface area (Å²) in [5, 5.41) is 22.8. The molecule has 0 bridgehead atoms. The van der Waals surface area contributed by atoms with Crippen molar-refractivity contribution in [2.24, 2.45) is 5.10 Å². The predicted octanol–water partition coefficient (Wildman–Crippen LogP) is 3.77. The maximum atomic E-state index is 9.83. The van der Waals surface area contributed by atoms with Crippen molar-refractivity contribution in [3.63, 3.8) is 0 Å². The Kier molecular flexibility index (Phi) is 9.19. The number of rotatable bonds is 5. The van der Waals surface area contributed by atoms with E-state index in [-0.39, 0.29) is 0 Å². The van der Waals surface area contributed by atoms with Crippen molar-refractivity contribution in [3.05, 3.63) is 129 Å². The summed E-state index contributed by atoms with van der Waals surface area (Å²) in [7, 11) is 0. The summed E-state index contributed by atoms with van der Waals surface area (Å²) < 4.78 is 1.78. The number of hydrazone groups is 1. The lowest BCUT2D eigenvalue weighted by Gasteiger charge is -2.00. The first-order valence-electron chi connectivity index (χ1n) is 9.21. The molecule has 2 aromatic heterocycles. The fourth-order valence-corrected chi connectivity index (χ4v) is 2.19. The summed E-state index contributed by atoms with van der Waals surface area (Å²) in [6.07, 6.45) is 7.21. The van der Waals surface area contributed by atoms with Gasteiger partial charge in [-0.25, -0.2) is 20.2 Å². The summed E-state index contributed by atoms with van der Waals surface area (Å²) in [5.74, 6) is 0. The maximum Gasteiger partial charge on any atom is 0.169 e. The topological polar surface area (TPSA) is 147 Å². The molecule has 0 aliphatic rings. The van der Waals surface area contributed by atoms with E-state index < -0.39 is 10.1 Å². The Morgan fingerprint density at radius 3 is 1.66 bits per heavy atom. The van der Waals surface area contributed by atoms with Crippen molar-refractivity contribution >= 4 is 17.6 Å². The molecule has 0 fully saturated rings. The molecule has 0 unspecified atom stereocenters. The van der Waals surface area contributed by atoms with Gasteiger partial charge in [0.05, 0.1) is 36.7 Å². The molecule has 4 rings (SSSR count). The molecule has 0 atom stereocenters. The molecule has 0 aliphatic heterocycles. The molecule has 11 heteroatoms. The van der Waals surface area contributed by atoms with Gasteiger partial charge in [-0.1, -0.05) is 45.8 Å². The fraction of sp³-hybridized carbons (Fsp3) is 0. The second-order valence-corrected chi connectivity index (χ2v) is 5.97. The van der Waals surface area contributed by atoms with E-state index >= 15 is 0 Å². The number of para-hydroxylation sites is 2. The van der Waals surface area contributed by atoms with Crippen LogP contribution in [0.2, 0.25) is 0 Å². The van der Waals surface area contributed by atoms with E-state index in [9.17, 15) is 20.2 Å². The molecular formula is C21H21N7O4. The summed E-state index contributed by atoms with van der Waals surface area (Å²) in [6.45, 7) is 0. The molecule has 0 spiro atoms. The first-order valence-corrected chi connectivity index (χ1v) is 9.21. The molecule has 32 heavy (non-hydrogen) atoms. The van der Waals surface area contributed by atoms with Crippen LogP contribution in [0.15, 0.2) is 109 Å². The molecular weight excluding hydrogens is 414 g/mol. The van der Waals surface area contributed by atoms with Crippen LogP contribution in [0.5, 0.6) is 0 Å². The Balaban J connectivity index is 0.000000190. The molecule has 4 aromatic rings. The summed E-state index contributed by atoms with van der Waals surface area (Å²) in [6, 6.07) is 23.8. The quantitative estimate of drug-likeness (QED) is 0.211. The average Bonchev–Trinajstić information content (AvgIpc) is 3.51. The average molecular weight is 435 g/mol. The van der Waals surface area contributed by atoms with E-state index in [0.29, 0.717) is 0 Å². The number of nitrogens with two attached hydrogens (primary N) is 1. The number of aromatic nitrogens is 2. The van der Waals surface area contributed by atoms with Crippen LogP contribution in [-0.4, -0.2) is 25.6 Å². The highest BCUT2D eigenvalue weighted by Gasteiger charge is 1.94. The number of hydrogen-bond acceptors (Lipinski definition) is 7. The number of nitrogens with zero attached hydrogens (tertiary/aromatic N) is 5. The molecule has 0 saturated heterocycles. The minimum atomic E-state index is -0.500. The molecule has 2 heterocycles. The third kappa shape index (κ3) is 8.21. The lowest BCUT2D eigenvalue weighted by atomic mass is 10.2. The lowest BCUT2D eigenvalue weighted by molar-refractivity contribution is -0.542. The van der Waals surface area contributed by atoms with Gasteiger partial charge in [0.1, 0.15) is 0 Å². The lowest BCUT2D eigenvalue weighted by Crippen LogP contribution is -2.03. The van der Waals surface area contributed by atoms with E-state index in [1.165, 1.54) is 24.8 Å². The first-order chi connectivity index (χ1) is 15.5. The highest BCUT2D eigenvalue weighted by molar-refractivity contribution is 5.87. The number of hydrogen-bond donors (Lipinski definition) is 2. The van der Waals surface area contributed by atoms with Crippen LogP contribution >= 0.6 is 0 Å². The van der Waals surface area contributed by atoms with Gasteiger partial charge in [-0.15, -0.1) is 0 Å². The Labute approximate surface area is 183 Å². The molecule has 11 nitrogen and oxygen atoms in total. The highest BCUT2D eigenvalue weighted by Crippen LogP contribution is 2.08. The predicted molar refractivity (Wildman–Crippen MR) is 122 cm³/mol. The molecule has 0 amide bonds. The second-order valence-electron chi connectivity index (χ2n) is 5.97. The first kappa shape index (κ1) is 23.3. The maximum absolute atomic E-state index is 9.83. The highest BCUT2D eigenvalue weighted by atomic mass is 16.7. The van der Waals surface area contributed by atoms with Crippen molar-refractivity contribution in [1.82, 2.24) is 9.35 Å². The van der Waals surface area contributed by atoms with Crippen LogP contribution in [0.25, 0.3) is 0 Å². The van der Waals surface area contributed by atoms with Gasteiger partial charge >= 0.3 is 0 Å². The summed E-state index contributed by atoms with van der Waals surface area (Å²) >= 11 is 0. The minimum absolute atomic E-state index is 0.500. The van der Waals surface area contributed by atoms with Crippen LogP contribution in [0.4, 0.5) is 11.4 Å². The molecule has 164 valence electrons. The smallest absolute Gasteiger partial charge is 0.169 e. The molecule has 0 saturated carbocycles. The Morgan fingerprint density at radius 1 is 0.750 bits per heavy atom. The van der Waals surface area contributed by atoms with Gasteiger partial charge in [0.25, 0.3) is 0 Å². The number of anilines is 2. The van der Waals surface area contributed by atoms with Crippen molar-refractivity contribution in [1.29, 1.82) is 0 Å². The van der Waals surface area contributed by atoms with E-state index in [1.54, 1.807) is 30.5 Å². The molecule has 0 aliphatic carbocycles. The Morgan fingerprint density at radius 2 is 1.22 bits per heavy atom. The SMILES string of the molecule is Nc1ccccc1C=NNc1ccccc1.O=[N+]([O-])n1cccc1.O=[N+]([O-])n1cccc1. The summed E-state index contributed by atoms with van der Waals surface area (Å²) in [4.78, 5) is 19.7. The molecule has 2 aromatic carbocycles. The van der Waals surface area contributed by atoms with E-state index in [4.69, 9.17) is 5.73 Å². The van der Waals surface area contributed by atoms with Gasteiger partial charge < -0.3 is 5.73 Å². The second kappa shape index (κ2) is 12.6. The third-order valence-electron chi connectivity index (χ3n) is 3.72. The third-order valence-corrected chi connectivity index (χ3v) is 3.72.